The maximum absolute atomic E-state index is 12.7. The van der Waals surface area contributed by atoms with Crippen LogP contribution in [0.2, 0.25) is 0 Å². The zero-order chi connectivity index (χ0) is 20.2. The van der Waals surface area contributed by atoms with Crippen molar-refractivity contribution in [3.63, 3.8) is 0 Å². The summed E-state index contributed by atoms with van der Waals surface area (Å²) in [7, 11) is 1.88. The first-order chi connectivity index (χ1) is 14.1. The maximum atomic E-state index is 12.7. The van der Waals surface area contributed by atoms with Crippen molar-refractivity contribution in [3.8, 4) is 5.75 Å². The average molecular weight is 396 g/mol. The molecule has 2 aromatic heterocycles. The molecule has 0 fully saturated rings. The van der Waals surface area contributed by atoms with Crippen LogP contribution in [0, 0.1) is 0 Å². The molecular weight excluding hydrogens is 372 g/mol. The third kappa shape index (κ3) is 4.18. The van der Waals surface area contributed by atoms with Crippen molar-refractivity contribution in [2.45, 2.75) is 20.1 Å². The van der Waals surface area contributed by atoms with Gasteiger partial charge in [0.1, 0.15) is 19.0 Å². The third-order valence-corrected chi connectivity index (χ3v) is 4.77. The van der Waals surface area contributed by atoms with Gasteiger partial charge in [-0.2, -0.15) is 0 Å². The number of carbonyl (C=O) groups excluding carboxylic acids is 1. The zero-order valence-electron chi connectivity index (χ0n) is 16.5. The number of aryl methyl sites for hydroxylation is 1. The van der Waals surface area contributed by atoms with Gasteiger partial charge in [0.15, 0.2) is 0 Å². The van der Waals surface area contributed by atoms with Crippen molar-refractivity contribution < 1.29 is 14.3 Å². The molecule has 1 aromatic carbocycles. The molecule has 9 heteroatoms. The Morgan fingerprint density at radius 1 is 1.41 bits per heavy atom. The summed E-state index contributed by atoms with van der Waals surface area (Å²) >= 11 is 0. The van der Waals surface area contributed by atoms with Gasteiger partial charge in [-0.3, -0.25) is 4.90 Å². The Hall–Kier alpha value is -3.49. The molecule has 1 aliphatic heterocycles. The lowest BCUT2D eigenvalue weighted by Gasteiger charge is -2.32. The van der Waals surface area contributed by atoms with E-state index in [2.05, 4.69) is 19.9 Å². The lowest BCUT2D eigenvalue weighted by Crippen LogP contribution is -2.34. The summed E-state index contributed by atoms with van der Waals surface area (Å²) in [6.07, 6.45) is 6.58. The minimum absolute atomic E-state index is 0.135. The number of benzene rings is 1. The van der Waals surface area contributed by atoms with Crippen LogP contribution in [0.25, 0.3) is 0 Å². The lowest BCUT2D eigenvalue weighted by molar-refractivity contribution is 0.146. The van der Waals surface area contributed by atoms with Crippen LogP contribution in [0.3, 0.4) is 0 Å². The van der Waals surface area contributed by atoms with Crippen LogP contribution in [-0.4, -0.2) is 45.3 Å². The molecule has 0 aliphatic carbocycles. The third-order valence-electron chi connectivity index (χ3n) is 4.77. The number of ether oxygens (including phenoxy) is 2. The number of anilines is 2. The van der Waals surface area contributed by atoms with Crippen LogP contribution >= 0.6 is 0 Å². The van der Waals surface area contributed by atoms with E-state index in [1.54, 1.807) is 17.6 Å². The van der Waals surface area contributed by atoms with Gasteiger partial charge in [0, 0.05) is 31.7 Å². The zero-order valence-corrected chi connectivity index (χ0v) is 16.5. The van der Waals surface area contributed by atoms with Gasteiger partial charge in [0.25, 0.3) is 0 Å². The number of H-pyrrole nitrogens is 1. The predicted octanol–water partition coefficient (Wildman–Crippen LogP) is 2.71. The number of amides is 1. The predicted molar refractivity (Wildman–Crippen MR) is 108 cm³/mol. The van der Waals surface area contributed by atoms with E-state index in [-0.39, 0.29) is 6.61 Å². The Morgan fingerprint density at radius 2 is 2.31 bits per heavy atom. The summed E-state index contributed by atoms with van der Waals surface area (Å²) in [5, 5.41) is 0. The highest BCUT2D eigenvalue weighted by Gasteiger charge is 2.23. The van der Waals surface area contributed by atoms with Gasteiger partial charge < -0.3 is 23.9 Å². The van der Waals surface area contributed by atoms with Gasteiger partial charge in [0.05, 0.1) is 42.8 Å². The van der Waals surface area contributed by atoms with Gasteiger partial charge in [-0.25, -0.2) is 14.8 Å². The van der Waals surface area contributed by atoms with Crippen LogP contribution in [0.1, 0.15) is 18.3 Å². The Bertz CT molecular complexity index is 969. The molecule has 0 saturated heterocycles. The van der Waals surface area contributed by atoms with E-state index < -0.39 is 6.09 Å². The van der Waals surface area contributed by atoms with E-state index in [0.717, 1.165) is 29.4 Å². The summed E-state index contributed by atoms with van der Waals surface area (Å²) < 4.78 is 13.1. The minimum atomic E-state index is -0.407. The number of fused-ring (bicyclic) bond motifs is 1. The number of aromatic nitrogens is 4. The largest absolute Gasteiger partial charge is 0.490 e. The fraction of sp³-hybridized carbons (Fsp3) is 0.350. The number of imidazole rings is 2. The molecule has 152 valence electrons. The normalized spacial score (nSPS) is 13.0. The second kappa shape index (κ2) is 8.26. The second-order valence-corrected chi connectivity index (χ2v) is 6.83. The molecule has 0 atom stereocenters. The van der Waals surface area contributed by atoms with Crippen LogP contribution in [0.4, 0.5) is 16.2 Å². The van der Waals surface area contributed by atoms with E-state index in [0.29, 0.717) is 25.4 Å². The Labute approximate surface area is 168 Å². The molecule has 3 aromatic rings. The minimum Gasteiger partial charge on any atom is -0.490 e. The number of hydrogen-bond acceptors (Lipinski definition) is 6. The molecule has 0 spiro atoms. The van der Waals surface area contributed by atoms with Crippen molar-refractivity contribution in [1.29, 1.82) is 0 Å². The van der Waals surface area contributed by atoms with E-state index in [1.807, 2.05) is 49.1 Å². The van der Waals surface area contributed by atoms with Crippen molar-refractivity contribution >= 4 is 17.5 Å². The van der Waals surface area contributed by atoms with Crippen molar-refractivity contribution in [2.75, 3.05) is 29.5 Å². The van der Waals surface area contributed by atoms with E-state index in [9.17, 15) is 4.79 Å². The van der Waals surface area contributed by atoms with Crippen molar-refractivity contribution in [3.05, 3.63) is 54.6 Å². The van der Waals surface area contributed by atoms with Gasteiger partial charge in [-0.05, 0) is 25.1 Å². The van der Waals surface area contributed by atoms with Gasteiger partial charge in [-0.1, -0.05) is 0 Å². The van der Waals surface area contributed by atoms with Gasteiger partial charge >= 0.3 is 6.09 Å². The first-order valence-corrected chi connectivity index (χ1v) is 9.54. The highest BCUT2D eigenvalue weighted by molar-refractivity contribution is 5.89. The number of rotatable bonds is 6. The first-order valence-electron chi connectivity index (χ1n) is 9.54. The molecule has 1 aliphatic rings. The number of nitrogens with zero attached hydrogens (tertiary/aromatic N) is 5. The molecular formula is C20H24N6O3. The molecule has 1 N–H and O–H groups in total. The number of hydrogen-bond donors (Lipinski definition) is 1. The molecule has 3 heterocycles. The lowest BCUT2D eigenvalue weighted by atomic mass is 10.2. The topological polar surface area (TPSA) is 88.5 Å². The van der Waals surface area contributed by atoms with Crippen LogP contribution in [0.5, 0.6) is 5.75 Å². The van der Waals surface area contributed by atoms with Crippen molar-refractivity contribution in [2.24, 2.45) is 7.05 Å². The molecule has 29 heavy (non-hydrogen) atoms. The molecule has 0 bridgehead atoms. The summed E-state index contributed by atoms with van der Waals surface area (Å²) in [5.74, 6) is 0.803. The Balaban J connectivity index is 1.51. The van der Waals surface area contributed by atoms with Crippen LogP contribution < -0.4 is 14.5 Å². The maximum Gasteiger partial charge on any atom is 0.414 e. The van der Waals surface area contributed by atoms with Gasteiger partial charge in [0.2, 0.25) is 0 Å². The van der Waals surface area contributed by atoms with Crippen LogP contribution in [0.15, 0.2) is 43.2 Å². The number of nitrogens with one attached hydrogen (secondary N) is 1. The van der Waals surface area contributed by atoms with E-state index in [1.165, 1.54) is 0 Å². The first kappa shape index (κ1) is 18.9. The molecule has 0 radical (unpaired) electrons. The highest BCUT2D eigenvalue weighted by Crippen LogP contribution is 2.36. The molecule has 0 unspecified atom stereocenters. The van der Waals surface area contributed by atoms with E-state index >= 15 is 0 Å². The standard InChI is InChI=1S/C20H24N6O3/c1-3-26(20(27)29-12-16-10-24(2)14-23-16)17-4-5-19-18(8-17)25(6-7-28-19)11-15-9-21-13-22-15/h4-5,8-10,13-14H,3,6-7,11-12H2,1-2H3,(H,21,22). The van der Waals surface area contributed by atoms with Crippen molar-refractivity contribution in [1.82, 2.24) is 19.5 Å². The molecule has 0 saturated carbocycles. The molecule has 1 amide bonds. The highest BCUT2D eigenvalue weighted by atomic mass is 16.6. The van der Waals surface area contributed by atoms with Gasteiger partial charge in [-0.15, -0.1) is 0 Å². The smallest absolute Gasteiger partial charge is 0.414 e. The second-order valence-electron chi connectivity index (χ2n) is 6.83. The molecule has 9 nitrogen and oxygen atoms in total. The Kier molecular flexibility index (Phi) is 5.37. The summed E-state index contributed by atoms with van der Waals surface area (Å²) in [5.41, 5.74) is 3.43. The summed E-state index contributed by atoms with van der Waals surface area (Å²) in [6.45, 7) is 4.60. The van der Waals surface area contributed by atoms with Crippen LogP contribution in [-0.2, 0) is 24.9 Å². The molecule has 4 rings (SSSR count). The number of carbonyl (C=O) groups is 1. The monoisotopic (exact) mass is 396 g/mol. The average Bonchev–Trinajstić information content (AvgIpc) is 3.39. The quantitative estimate of drug-likeness (QED) is 0.689. The number of aromatic amines is 1. The SMILES string of the molecule is CCN(C(=O)OCc1cn(C)cn1)c1ccc2c(c1)N(Cc1cnc[nH]1)CCO2. The summed E-state index contributed by atoms with van der Waals surface area (Å²) in [4.78, 5) is 27.9. The fourth-order valence-electron chi connectivity index (χ4n) is 3.34. The summed E-state index contributed by atoms with van der Waals surface area (Å²) in [6, 6.07) is 5.75. The fourth-order valence-corrected chi connectivity index (χ4v) is 3.34. The van der Waals surface area contributed by atoms with E-state index in [4.69, 9.17) is 9.47 Å². The Morgan fingerprint density at radius 3 is 3.03 bits per heavy atom.